The van der Waals surface area contributed by atoms with Crippen molar-refractivity contribution in [2.45, 2.75) is 18.7 Å². The summed E-state index contributed by atoms with van der Waals surface area (Å²) in [5.41, 5.74) is 1.16. The van der Waals surface area contributed by atoms with E-state index in [0.29, 0.717) is 16.4 Å². The number of carboxylic acid groups (broad SMARTS) is 1. The van der Waals surface area contributed by atoms with Crippen molar-refractivity contribution >= 4 is 27.6 Å². The van der Waals surface area contributed by atoms with E-state index in [-0.39, 0.29) is 23.9 Å². The number of carboxylic acids is 1. The number of hydrogen-bond acceptors (Lipinski definition) is 4. The summed E-state index contributed by atoms with van der Waals surface area (Å²) < 4.78 is 28.6. The second kappa shape index (κ2) is 6.44. The highest BCUT2D eigenvalue weighted by Crippen LogP contribution is 2.30. The molecule has 0 bridgehead atoms. The van der Waals surface area contributed by atoms with E-state index in [1.54, 1.807) is 38.1 Å². The highest BCUT2D eigenvalue weighted by molar-refractivity contribution is 7.89. The standard InChI is InChI=1S/C16H18ClN3O4S/c1-10-8-19(9-14(10)16(21)22)25(23,24)15-7-18-20(11(15)2)13-5-3-12(17)4-6-13/h3-7,10,14H,8-9H2,1-2H3,(H,21,22)/t10-,14-/m1/s1. The Morgan fingerprint density at radius 2 is 1.92 bits per heavy atom. The number of sulfonamides is 1. The van der Waals surface area contributed by atoms with Crippen LogP contribution in [0, 0.1) is 18.8 Å². The molecule has 0 aliphatic carbocycles. The van der Waals surface area contributed by atoms with Crippen molar-refractivity contribution in [1.82, 2.24) is 14.1 Å². The Morgan fingerprint density at radius 3 is 2.48 bits per heavy atom. The van der Waals surface area contributed by atoms with Crippen LogP contribution in [0.5, 0.6) is 0 Å². The Labute approximate surface area is 150 Å². The molecule has 1 aliphatic heterocycles. The third kappa shape index (κ3) is 3.17. The number of carbonyl (C=O) groups is 1. The van der Waals surface area contributed by atoms with Gasteiger partial charge in [0.1, 0.15) is 4.90 Å². The van der Waals surface area contributed by atoms with Gasteiger partial charge in [0.2, 0.25) is 10.0 Å². The lowest BCUT2D eigenvalue weighted by molar-refractivity contribution is -0.142. The van der Waals surface area contributed by atoms with Crippen LogP contribution in [-0.2, 0) is 14.8 Å². The molecule has 1 fully saturated rings. The first-order chi connectivity index (χ1) is 11.7. The molecule has 1 N–H and O–H groups in total. The quantitative estimate of drug-likeness (QED) is 0.873. The number of hydrogen-bond donors (Lipinski definition) is 1. The second-order valence-corrected chi connectivity index (χ2v) is 8.57. The maximum atomic E-state index is 12.9. The van der Waals surface area contributed by atoms with Crippen molar-refractivity contribution in [3.63, 3.8) is 0 Å². The summed E-state index contributed by atoms with van der Waals surface area (Å²) in [6, 6.07) is 6.89. The molecule has 3 rings (SSSR count). The molecule has 25 heavy (non-hydrogen) atoms. The van der Waals surface area contributed by atoms with Crippen LogP contribution in [0.3, 0.4) is 0 Å². The van der Waals surface area contributed by atoms with Crippen molar-refractivity contribution in [3.05, 3.63) is 41.2 Å². The van der Waals surface area contributed by atoms with Crippen molar-refractivity contribution in [2.75, 3.05) is 13.1 Å². The predicted octanol–water partition coefficient (Wildman–Crippen LogP) is 2.18. The Hall–Kier alpha value is -1.90. The smallest absolute Gasteiger partial charge is 0.308 e. The van der Waals surface area contributed by atoms with Gasteiger partial charge in [-0.15, -0.1) is 0 Å². The molecule has 2 heterocycles. The summed E-state index contributed by atoms with van der Waals surface area (Å²) in [6.45, 7) is 3.58. The minimum absolute atomic E-state index is 0.0234. The third-order valence-electron chi connectivity index (χ3n) is 4.55. The lowest BCUT2D eigenvalue weighted by atomic mass is 9.99. The Balaban J connectivity index is 1.94. The Bertz CT molecular complexity index is 908. The average Bonchev–Trinajstić information content (AvgIpc) is 3.12. The van der Waals surface area contributed by atoms with E-state index in [9.17, 15) is 18.3 Å². The molecule has 2 aromatic rings. The molecule has 1 saturated heterocycles. The first kappa shape index (κ1) is 17.9. The van der Waals surface area contributed by atoms with Gasteiger partial charge in [-0.3, -0.25) is 4.79 Å². The fraction of sp³-hybridized carbons (Fsp3) is 0.375. The third-order valence-corrected chi connectivity index (χ3v) is 6.74. The van der Waals surface area contributed by atoms with Crippen LogP contribution in [-0.4, -0.2) is 46.7 Å². The molecule has 7 nitrogen and oxygen atoms in total. The highest BCUT2D eigenvalue weighted by Gasteiger charge is 2.41. The van der Waals surface area contributed by atoms with Crippen molar-refractivity contribution in [2.24, 2.45) is 11.8 Å². The van der Waals surface area contributed by atoms with Crippen molar-refractivity contribution in [3.8, 4) is 5.69 Å². The average molecular weight is 384 g/mol. The maximum absolute atomic E-state index is 12.9. The SMILES string of the molecule is Cc1c(S(=O)(=O)N2C[C@@H](C)[C@H](C(=O)O)C2)cnn1-c1ccc(Cl)cc1. The number of nitrogens with zero attached hydrogens (tertiary/aromatic N) is 3. The highest BCUT2D eigenvalue weighted by atomic mass is 35.5. The molecule has 0 unspecified atom stereocenters. The zero-order valence-corrected chi connectivity index (χ0v) is 15.3. The molecule has 0 spiro atoms. The number of rotatable bonds is 4. The van der Waals surface area contributed by atoms with Gasteiger partial charge in [0.05, 0.1) is 23.5 Å². The summed E-state index contributed by atoms with van der Waals surface area (Å²) in [5.74, 6) is -1.90. The molecule has 0 radical (unpaired) electrons. The predicted molar refractivity (Wildman–Crippen MR) is 92.4 cm³/mol. The number of aliphatic carboxylic acids is 1. The molecule has 1 aromatic heterocycles. The zero-order valence-electron chi connectivity index (χ0n) is 13.8. The second-order valence-electron chi connectivity index (χ2n) is 6.23. The lowest BCUT2D eigenvalue weighted by Gasteiger charge is -2.15. The van der Waals surface area contributed by atoms with Gasteiger partial charge in [0.15, 0.2) is 0 Å². The molecule has 1 aromatic carbocycles. The van der Waals surface area contributed by atoms with Crippen LogP contribution in [0.15, 0.2) is 35.4 Å². The van der Waals surface area contributed by atoms with Crippen LogP contribution < -0.4 is 0 Å². The largest absolute Gasteiger partial charge is 0.481 e. The molecule has 0 saturated carbocycles. The van der Waals surface area contributed by atoms with Gasteiger partial charge >= 0.3 is 5.97 Å². The maximum Gasteiger partial charge on any atom is 0.308 e. The summed E-state index contributed by atoms with van der Waals surface area (Å²) in [4.78, 5) is 11.3. The van der Waals surface area contributed by atoms with E-state index in [2.05, 4.69) is 5.10 Å². The summed E-state index contributed by atoms with van der Waals surface area (Å²) in [7, 11) is -3.80. The van der Waals surface area contributed by atoms with Crippen LogP contribution in [0.4, 0.5) is 0 Å². The van der Waals surface area contributed by atoms with Crippen LogP contribution in [0.2, 0.25) is 5.02 Å². The molecule has 0 amide bonds. The van der Waals surface area contributed by atoms with Gasteiger partial charge in [-0.05, 0) is 37.1 Å². The van der Waals surface area contributed by atoms with Crippen molar-refractivity contribution < 1.29 is 18.3 Å². The minimum atomic E-state index is -3.80. The van der Waals surface area contributed by atoms with Gasteiger partial charge in [-0.25, -0.2) is 13.1 Å². The van der Waals surface area contributed by atoms with E-state index >= 15 is 0 Å². The van der Waals surface area contributed by atoms with Crippen molar-refractivity contribution in [1.29, 1.82) is 0 Å². The fourth-order valence-electron chi connectivity index (χ4n) is 3.07. The Kier molecular flexibility index (Phi) is 4.61. The van der Waals surface area contributed by atoms with Gasteiger partial charge in [0, 0.05) is 18.1 Å². The van der Waals surface area contributed by atoms with Crippen LogP contribution in [0.25, 0.3) is 5.69 Å². The van der Waals surface area contributed by atoms with Gasteiger partial charge in [-0.1, -0.05) is 18.5 Å². The number of benzene rings is 1. The van der Waals surface area contributed by atoms with Crippen LogP contribution in [0.1, 0.15) is 12.6 Å². The molecule has 2 atom stereocenters. The molecular weight excluding hydrogens is 366 g/mol. The monoisotopic (exact) mass is 383 g/mol. The van der Waals surface area contributed by atoms with E-state index in [0.717, 1.165) is 0 Å². The topological polar surface area (TPSA) is 92.5 Å². The normalized spacial score (nSPS) is 21.6. The first-order valence-electron chi connectivity index (χ1n) is 7.75. The number of halogens is 1. The minimum Gasteiger partial charge on any atom is -0.481 e. The lowest BCUT2D eigenvalue weighted by Crippen LogP contribution is -2.30. The number of aromatic nitrogens is 2. The molecular formula is C16H18ClN3O4S. The summed E-state index contributed by atoms with van der Waals surface area (Å²) in [6.07, 6.45) is 1.30. The Morgan fingerprint density at radius 1 is 1.28 bits per heavy atom. The molecule has 1 aliphatic rings. The van der Waals surface area contributed by atoms with E-state index in [1.165, 1.54) is 15.2 Å². The van der Waals surface area contributed by atoms with Gasteiger partial charge < -0.3 is 5.11 Å². The summed E-state index contributed by atoms with van der Waals surface area (Å²) in [5, 5.41) is 14.0. The summed E-state index contributed by atoms with van der Waals surface area (Å²) >= 11 is 5.88. The fourth-order valence-corrected chi connectivity index (χ4v) is 4.90. The molecule has 9 heteroatoms. The van der Waals surface area contributed by atoms with Gasteiger partial charge in [0.25, 0.3) is 0 Å². The van der Waals surface area contributed by atoms with E-state index in [4.69, 9.17) is 11.6 Å². The zero-order chi connectivity index (χ0) is 18.4. The van der Waals surface area contributed by atoms with Gasteiger partial charge in [-0.2, -0.15) is 9.40 Å². The molecule has 134 valence electrons. The van der Waals surface area contributed by atoms with E-state index < -0.39 is 21.9 Å². The van der Waals surface area contributed by atoms with Crippen LogP contribution >= 0.6 is 11.6 Å². The van der Waals surface area contributed by atoms with E-state index in [1.807, 2.05) is 0 Å². The first-order valence-corrected chi connectivity index (χ1v) is 9.57.